The van der Waals surface area contributed by atoms with Crippen LogP contribution >= 0.6 is 11.6 Å². The number of rotatable bonds is 4. The highest BCUT2D eigenvalue weighted by Crippen LogP contribution is 2.25. The molecule has 5 nitrogen and oxygen atoms in total. The van der Waals surface area contributed by atoms with Crippen molar-refractivity contribution in [3.63, 3.8) is 0 Å². The Labute approximate surface area is 198 Å². The number of carbonyl (C=O) groups excluding carboxylic acids is 1. The van der Waals surface area contributed by atoms with Crippen molar-refractivity contribution in [3.8, 4) is 16.9 Å². The van der Waals surface area contributed by atoms with Gasteiger partial charge in [0.15, 0.2) is 0 Å². The van der Waals surface area contributed by atoms with E-state index in [0.717, 1.165) is 30.0 Å². The van der Waals surface area contributed by atoms with Gasteiger partial charge in [-0.05, 0) is 42.8 Å². The van der Waals surface area contributed by atoms with Gasteiger partial charge in [0.1, 0.15) is 5.69 Å². The van der Waals surface area contributed by atoms with Crippen LogP contribution in [0.25, 0.3) is 16.9 Å². The number of anilines is 1. The summed E-state index contributed by atoms with van der Waals surface area (Å²) in [6, 6.07) is 27.6. The molecule has 1 fully saturated rings. The van der Waals surface area contributed by atoms with Crippen LogP contribution < -0.4 is 4.90 Å². The van der Waals surface area contributed by atoms with Crippen LogP contribution in [0.5, 0.6) is 0 Å². The second-order valence-corrected chi connectivity index (χ2v) is 8.67. The number of para-hydroxylation sites is 1. The zero-order valence-corrected chi connectivity index (χ0v) is 19.2. The lowest BCUT2D eigenvalue weighted by Gasteiger charge is -2.36. The summed E-state index contributed by atoms with van der Waals surface area (Å²) in [5.74, 6) is -0.0194. The van der Waals surface area contributed by atoms with Crippen LogP contribution in [0.1, 0.15) is 16.1 Å². The molecule has 1 aromatic heterocycles. The molecule has 0 spiro atoms. The van der Waals surface area contributed by atoms with Crippen LogP contribution in [-0.2, 0) is 0 Å². The number of halogens is 1. The molecule has 0 aliphatic carbocycles. The van der Waals surface area contributed by atoms with Gasteiger partial charge in [0.05, 0.1) is 11.4 Å². The summed E-state index contributed by atoms with van der Waals surface area (Å²) in [4.78, 5) is 17.9. The summed E-state index contributed by atoms with van der Waals surface area (Å²) in [6.45, 7) is 5.05. The maximum absolute atomic E-state index is 13.6. The fourth-order valence-electron chi connectivity index (χ4n) is 4.32. The molecule has 1 aliphatic heterocycles. The highest BCUT2D eigenvalue weighted by Gasteiger charge is 2.26. The van der Waals surface area contributed by atoms with Crippen molar-refractivity contribution in [3.05, 3.63) is 101 Å². The molecule has 33 heavy (non-hydrogen) atoms. The molecule has 0 N–H and O–H groups in total. The van der Waals surface area contributed by atoms with E-state index in [1.165, 1.54) is 11.3 Å². The number of aromatic nitrogens is 2. The van der Waals surface area contributed by atoms with Gasteiger partial charge >= 0.3 is 0 Å². The second-order valence-electron chi connectivity index (χ2n) is 8.24. The standard InChI is InChI=1S/C27H25ClN4O/c1-20-8-5-6-13-25(20)30-14-16-31(17-15-30)27(33)26-19-24(21-9-3-2-4-10-21)29-32(26)23-12-7-11-22(28)18-23/h2-13,18-19H,14-17H2,1H3. The fraction of sp³-hybridized carbons (Fsp3) is 0.185. The molecule has 6 heteroatoms. The minimum absolute atomic E-state index is 0.0194. The Hall–Kier alpha value is -3.57. The largest absolute Gasteiger partial charge is 0.368 e. The summed E-state index contributed by atoms with van der Waals surface area (Å²) in [7, 11) is 0. The topological polar surface area (TPSA) is 41.4 Å². The Bertz CT molecular complexity index is 1280. The second kappa shape index (κ2) is 9.12. The van der Waals surface area contributed by atoms with E-state index in [1.54, 1.807) is 4.68 Å². The summed E-state index contributed by atoms with van der Waals surface area (Å²) in [5.41, 5.74) is 5.53. The molecule has 1 amide bonds. The number of hydrogen-bond acceptors (Lipinski definition) is 3. The third-order valence-corrected chi connectivity index (χ3v) is 6.31. The molecule has 0 unspecified atom stereocenters. The third-order valence-electron chi connectivity index (χ3n) is 6.07. The van der Waals surface area contributed by atoms with Gasteiger partial charge in [0, 0.05) is 42.5 Å². The Balaban J connectivity index is 1.44. The molecule has 1 aliphatic rings. The van der Waals surface area contributed by atoms with E-state index in [2.05, 4.69) is 36.1 Å². The van der Waals surface area contributed by atoms with Gasteiger partial charge < -0.3 is 9.80 Å². The highest BCUT2D eigenvalue weighted by molar-refractivity contribution is 6.30. The predicted molar refractivity (Wildman–Crippen MR) is 133 cm³/mol. The van der Waals surface area contributed by atoms with Crippen molar-refractivity contribution in [2.75, 3.05) is 31.1 Å². The molecular weight excluding hydrogens is 432 g/mol. The minimum atomic E-state index is -0.0194. The van der Waals surface area contributed by atoms with E-state index < -0.39 is 0 Å². The zero-order chi connectivity index (χ0) is 22.8. The molecule has 0 radical (unpaired) electrons. The quantitative estimate of drug-likeness (QED) is 0.409. The molecule has 3 aromatic carbocycles. The smallest absolute Gasteiger partial charge is 0.272 e. The highest BCUT2D eigenvalue weighted by atomic mass is 35.5. The van der Waals surface area contributed by atoms with Gasteiger partial charge in [-0.2, -0.15) is 5.10 Å². The lowest BCUT2D eigenvalue weighted by Crippen LogP contribution is -2.49. The van der Waals surface area contributed by atoms with Crippen molar-refractivity contribution in [2.24, 2.45) is 0 Å². The number of aryl methyl sites for hydroxylation is 1. The number of piperazine rings is 1. The number of amides is 1. The Morgan fingerprint density at radius 2 is 1.58 bits per heavy atom. The van der Waals surface area contributed by atoms with E-state index in [9.17, 15) is 4.79 Å². The van der Waals surface area contributed by atoms with Gasteiger partial charge in [-0.1, -0.05) is 66.2 Å². The predicted octanol–water partition coefficient (Wildman–Crippen LogP) is 5.46. The van der Waals surface area contributed by atoms with Crippen LogP contribution in [0.2, 0.25) is 5.02 Å². The van der Waals surface area contributed by atoms with E-state index in [-0.39, 0.29) is 5.91 Å². The molecule has 0 bridgehead atoms. The van der Waals surface area contributed by atoms with Crippen LogP contribution in [0, 0.1) is 6.92 Å². The molecule has 0 saturated carbocycles. The average molecular weight is 457 g/mol. The van der Waals surface area contributed by atoms with Crippen molar-refractivity contribution < 1.29 is 4.79 Å². The maximum atomic E-state index is 13.6. The summed E-state index contributed by atoms with van der Waals surface area (Å²) >= 11 is 6.24. The molecule has 0 atom stereocenters. The van der Waals surface area contributed by atoms with Gasteiger partial charge in [0.25, 0.3) is 5.91 Å². The Morgan fingerprint density at radius 1 is 0.848 bits per heavy atom. The Kier molecular flexibility index (Phi) is 5.88. The summed E-state index contributed by atoms with van der Waals surface area (Å²) < 4.78 is 1.71. The van der Waals surface area contributed by atoms with E-state index in [1.807, 2.05) is 65.6 Å². The van der Waals surface area contributed by atoms with Crippen molar-refractivity contribution in [1.29, 1.82) is 0 Å². The lowest BCUT2D eigenvalue weighted by atomic mass is 10.1. The van der Waals surface area contributed by atoms with Crippen molar-refractivity contribution in [1.82, 2.24) is 14.7 Å². The monoisotopic (exact) mass is 456 g/mol. The normalized spacial score (nSPS) is 13.9. The first kappa shape index (κ1) is 21.3. The fourth-order valence-corrected chi connectivity index (χ4v) is 4.50. The summed E-state index contributed by atoms with van der Waals surface area (Å²) in [5, 5.41) is 5.39. The Morgan fingerprint density at radius 3 is 2.30 bits per heavy atom. The van der Waals surface area contributed by atoms with Gasteiger partial charge in [0.2, 0.25) is 0 Å². The van der Waals surface area contributed by atoms with E-state index >= 15 is 0 Å². The maximum Gasteiger partial charge on any atom is 0.272 e. The van der Waals surface area contributed by atoms with E-state index in [4.69, 9.17) is 16.7 Å². The van der Waals surface area contributed by atoms with Crippen LogP contribution in [0.4, 0.5) is 5.69 Å². The minimum Gasteiger partial charge on any atom is -0.368 e. The number of carbonyl (C=O) groups is 1. The molecular formula is C27H25ClN4O. The van der Waals surface area contributed by atoms with Gasteiger partial charge in [-0.3, -0.25) is 4.79 Å². The first-order chi connectivity index (χ1) is 16.1. The summed E-state index contributed by atoms with van der Waals surface area (Å²) in [6.07, 6.45) is 0. The average Bonchev–Trinajstić information content (AvgIpc) is 3.30. The van der Waals surface area contributed by atoms with Crippen LogP contribution in [0.15, 0.2) is 84.9 Å². The number of benzene rings is 3. The molecule has 4 aromatic rings. The van der Waals surface area contributed by atoms with Crippen molar-refractivity contribution >= 4 is 23.2 Å². The van der Waals surface area contributed by atoms with Crippen LogP contribution in [-0.4, -0.2) is 46.8 Å². The van der Waals surface area contributed by atoms with Crippen molar-refractivity contribution in [2.45, 2.75) is 6.92 Å². The van der Waals surface area contributed by atoms with Gasteiger partial charge in [-0.25, -0.2) is 4.68 Å². The van der Waals surface area contributed by atoms with Gasteiger partial charge in [-0.15, -0.1) is 0 Å². The first-order valence-corrected chi connectivity index (χ1v) is 11.5. The van der Waals surface area contributed by atoms with Crippen LogP contribution in [0.3, 0.4) is 0 Å². The molecule has 5 rings (SSSR count). The first-order valence-electron chi connectivity index (χ1n) is 11.1. The lowest BCUT2D eigenvalue weighted by molar-refractivity contribution is 0.0737. The molecule has 1 saturated heterocycles. The number of nitrogens with zero attached hydrogens (tertiary/aromatic N) is 4. The SMILES string of the molecule is Cc1ccccc1N1CCN(C(=O)c2cc(-c3ccccc3)nn2-c2cccc(Cl)c2)CC1. The third kappa shape index (κ3) is 4.37. The number of hydrogen-bond donors (Lipinski definition) is 0. The molecule has 166 valence electrons. The molecule has 2 heterocycles. The zero-order valence-electron chi connectivity index (χ0n) is 18.5. The van der Waals surface area contributed by atoms with E-state index in [0.29, 0.717) is 23.8 Å².